The van der Waals surface area contributed by atoms with E-state index in [1.165, 1.54) is 18.2 Å². The first-order chi connectivity index (χ1) is 12.0. The largest absolute Gasteiger partial charge is 0.450 e. The van der Waals surface area contributed by atoms with Gasteiger partial charge in [-0.05, 0) is 43.2 Å². The van der Waals surface area contributed by atoms with Crippen molar-refractivity contribution in [3.8, 4) is 0 Å². The van der Waals surface area contributed by atoms with E-state index in [9.17, 15) is 14.0 Å². The van der Waals surface area contributed by atoms with Crippen LogP contribution in [0.15, 0.2) is 48.5 Å². The Labute approximate surface area is 146 Å². The quantitative estimate of drug-likeness (QED) is 0.834. The molecule has 1 atom stereocenters. The Kier molecular flexibility index (Phi) is 6.51. The fraction of sp³-hybridized carbons (Fsp3) is 0.263. The summed E-state index contributed by atoms with van der Waals surface area (Å²) in [6, 6.07) is 12.8. The van der Waals surface area contributed by atoms with Crippen LogP contribution in [0.5, 0.6) is 0 Å². The van der Waals surface area contributed by atoms with Gasteiger partial charge in [0.2, 0.25) is 5.91 Å². The second kappa shape index (κ2) is 8.82. The Morgan fingerprint density at radius 1 is 1.16 bits per heavy atom. The molecule has 2 aromatic carbocycles. The first-order valence-electron chi connectivity index (χ1n) is 8.04. The highest BCUT2D eigenvalue weighted by Crippen LogP contribution is 2.20. The summed E-state index contributed by atoms with van der Waals surface area (Å²) in [5.41, 5.74) is 1.96. The summed E-state index contributed by atoms with van der Waals surface area (Å²) in [6.07, 6.45) is -0.554. The number of carbonyl (C=O) groups excluding carboxylic acids is 2. The minimum Gasteiger partial charge on any atom is -0.450 e. The Hall–Kier alpha value is -2.89. The van der Waals surface area contributed by atoms with Gasteiger partial charge in [0.05, 0.1) is 19.1 Å². The van der Waals surface area contributed by atoms with Gasteiger partial charge in [-0.25, -0.2) is 9.18 Å². The molecule has 0 saturated heterocycles. The Balaban J connectivity index is 2.09. The van der Waals surface area contributed by atoms with Crippen LogP contribution in [0.3, 0.4) is 0 Å². The molecule has 0 bridgehead atoms. The standard InChI is InChI=1S/C19H21FN2O3/c1-3-25-19(24)22-17(14-7-5-4-6-8-14)12-18(23)21-16-10-9-15(20)11-13(16)2/h4-11,17H,3,12H2,1-2H3,(H,21,23)(H,22,24)/t17-/m0/s1. The zero-order chi connectivity index (χ0) is 18.2. The van der Waals surface area contributed by atoms with Gasteiger partial charge in [0.25, 0.3) is 0 Å². The number of rotatable bonds is 6. The van der Waals surface area contributed by atoms with Crippen LogP contribution in [0.25, 0.3) is 0 Å². The number of hydrogen-bond acceptors (Lipinski definition) is 3. The average Bonchev–Trinajstić information content (AvgIpc) is 2.58. The molecule has 132 valence electrons. The number of aryl methyl sites for hydroxylation is 1. The van der Waals surface area contributed by atoms with E-state index in [0.717, 1.165) is 5.56 Å². The molecular formula is C19H21FN2O3. The predicted octanol–water partition coefficient (Wildman–Crippen LogP) is 3.95. The van der Waals surface area contributed by atoms with Crippen molar-refractivity contribution in [1.29, 1.82) is 0 Å². The van der Waals surface area contributed by atoms with Crippen LogP contribution in [-0.2, 0) is 9.53 Å². The lowest BCUT2D eigenvalue weighted by Crippen LogP contribution is -2.32. The van der Waals surface area contributed by atoms with Gasteiger partial charge in [-0.15, -0.1) is 0 Å². The van der Waals surface area contributed by atoms with Crippen molar-refractivity contribution in [3.05, 3.63) is 65.5 Å². The van der Waals surface area contributed by atoms with E-state index in [1.807, 2.05) is 30.3 Å². The van der Waals surface area contributed by atoms with Gasteiger partial charge in [-0.3, -0.25) is 4.79 Å². The highest BCUT2D eigenvalue weighted by molar-refractivity contribution is 5.92. The fourth-order valence-corrected chi connectivity index (χ4v) is 2.41. The Morgan fingerprint density at radius 2 is 1.88 bits per heavy atom. The van der Waals surface area contributed by atoms with Gasteiger partial charge in [0, 0.05) is 5.69 Å². The average molecular weight is 344 g/mol. The van der Waals surface area contributed by atoms with Crippen LogP contribution < -0.4 is 10.6 Å². The van der Waals surface area contributed by atoms with E-state index in [1.54, 1.807) is 13.8 Å². The number of benzene rings is 2. The molecule has 6 heteroatoms. The van der Waals surface area contributed by atoms with E-state index in [0.29, 0.717) is 11.3 Å². The molecule has 5 nitrogen and oxygen atoms in total. The lowest BCUT2D eigenvalue weighted by molar-refractivity contribution is -0.116. The van der Waals surface area contributed by atoms with Gasteiger partial charge >= 0.3 is 6.09 Å². The second-order valence-corrected chi connectivity index (χ2v) is 5.54. The number of hydrogen-bond donors (Lipinski definition) is 2. The highest BCUT2D eigenvalue weighted by atomic mass is 19.1. The summed E-state index contributed by atoms with van der Waals surface area (Å²) in [4.78, 5) is 24.1. The van der Waals surface area contributed by atoms with Crippen molar-refractivity contribution in [2.75, 3.05) is 11.9 Å². The molecule has 2 N–H and O–H groups in total. The lowest BCUT2D eigenvalue weighted by Gasteiger charge is -2.19. The number of halogens is 1. The number of anilines is 1. The molecule has 0 aliphatic carbocycles. The van der Waals surface area contributed by atoms with Crippen LogP contribution in [0.4, 0.5) is 14.9 Å². The Morgan fingerprint density at radius 3 is 2.52 bits per heavy atom. The number of ether oxygens (including phenoxy) is 1. The van der Waals surface area contributed by atoms with Crippen LogP contribution in [0.1, 0.15) is 30.5 Å². The molecule has 2 rings (SSSR count). The third kappa shape index (κ3) is 5.60. The van der Waals surface area contributed by atoms with Crippen molar-refractivity contribution in [3.63, 3.8) is 0 Å². The number of nitrogens with one attached hydrogen (secondary N) is 2. The zero-order valence-electron chi connectivity index (χ0n) is 14.2. The number of alkyl carbamates (subject to hydrolysis) is 1. The summed E-state index contributed by atoms with van der Waals surface area (Å²) in [7, 11) is 0. The molecule has 0 fully saturated rings. The molecule has 0 aromatic heterocycles. The summed E-state index contributed by atoms with van der Waals surface area (Å²) < 4.78 is 18.1. The lowest BCUT2D eigenvalue weighted by atomic mass is 10.0. The molecule has 0 aliphatic rings. The summed E-state index contributed by atoms with van der Waals surface area (Å²) >= 11 is 0. The van der Waals surface area contributed by atoms with Crippen LogP contribution >= 0.6 is 0 Å². The molecule has 2 aromatic rings. The molecule has 0 aliphatic heterocycles. The number of carbonyl (C=O) groups is 2. The van der Waals surface area contributed by atoms with E-state index in [4.69, 9.17) is 4.74 Å². The third-order valence-corrected chi connectivity index (χ3v) is 3.62. The van der Waals surface area contributed by atoms with Crippen molar-refractivity contribution in [2.45, 2.75) is 26.3 Å². The predicted molar refractivity (Wildman–Crippen MR) is 93.7 cm³/mol. The van der Waals surface area contributed by atoms with Crippen molar-refractivity contribution >= 4 is 17.7 Å². The SMILES string of the molecule is CCOC(=O)N[C@@H](CC(=O)Nc1ccc(F)cc1C)c1ccccc1. The molecule has 0 saturated carbocycles. The maximum absolute atomic E-state index is 13.2. The summed E-state index contributed by atoms with van der Waals surface area (Å²) in [5, 5.41) is 5.44. The van der Waals surface area contributed by atoms with Crippen molar-refractivity contribution < 1.29 is 18.7 Å². The van der Waals surface area contributed by atoms with Gasteiger partial charge < -0.3 is 15.4 Å². The van der Waals surface area contributed by atoms with E-state index < -0.39 is 12.1 Å². The second-order valence-electron chi connectivity index (χ2n) is 5.54. The molecule has 0 spiro atoms. The molecule has 0 unspecified atom stereocenters. The highest BCUT2D eigenvalue weighted by Gasteiger charge is 2.19. The van der Waals surface area contributed by atoms with Gasteiger partial charge in [-0.2, -0.15) is 0 Å². The maximum atomic E-state index is 13.2. The van der Waals surface area contributed by atoms with Crippen LogP contribution in [0.2, 0.25) is 0 Å². The molecule has 0 radical (unpaired) electrons. The smallest absolute Gasteiger partial charge is 0.407 e. The van der Waals surface area contributed by atoms with Gasteiger partial charge in [0.15, 0.2) is 0 Å². The Bertz CT molecular complexity index is 735. The fourth-order valence-electron chi connectivity index (χ4n) is 2.41. The summed E-state index contributed by atoms with van der Waals surface area (Å²) in [5.74, 6) is -0.651. The number of amides is 2. The van der Waals surface area contributed by atoms with Crippen molar-refractivity contribution in [2.24, 2.45) is 0 Å². The molecule has 0 heterocycles. The van der Waals surface area contributed by atoms with Crippen molar-refractivity contribution in [1.82, 2.24) is 5.32 Å². The first kappa shape index (κ1) is 18.4. The maximum Gasteiger partial charge on any atom is 0.407 e. The van der Waals surface area contributed by atoms with E-state index in [-0.39, 0.29) is 24.8 Å². The minimum atomic E-state index is -0.581. The first-order valence-corrected chi connectivity index (χ1v) is 8.04. The van der Waals surface area contributed by atoms with Gasteiger partial charge in [-0.1, -0.05) is 30.3 Å². The van der Waals surface area contributed by atoms with Crippen LogP contribution in [-0.4, -0.2) is 18.6 Å². The third-order valence-electron chi connectivity index (χ3n) is 3.62. The molecule has 25 heavy (non-hydrogen) atoms. The van der Waals surface area contributed by atoms with Crippen LogP contribution in [0, 0.1) is 12.7 Å². The molecular weight excluding hydrogens is 323 g/mol. The van der Waals surface area contributed by atoms with E-state index in [2.05, 4.69) is 10.6 Å². The monoisotopic (exact) mass is 344 g/mol. The van der Waals surface area contributed by atoms with Gasteiger partial charge in [0.1, 0.15) is 5.82 Å². The minimum absolute atomic E-state index is 0.0274. The summed E-state index contributed by atoms with van der Waals surface area (Å²) in [6.45, 7) is 3.67. The topological polar surface area (TPSA) is 67.4 Å². The zero-order valence-corrected chi connectivity index (χ0v) is 14.2. The van der Waals surface area contributed by atoms with E-state index >= 15 is 0 Å². The molecule has 2 amide bonds. The normalized spacial score (nSPS) is 11.5.